The Hall–Kier alpha value is -1.92. The molecule has 0 aromatic heterocycles. The average molecular weight is 421 g/mol. The maximum atomic E-state index is 12.4. The molecular formula is C19H21BrN2O2S. The third kappa shape index (κ3) is 6.48. The highest BCUT2D eigenvalue weighted by molar-refractivity contribution is 9.10. The number of hydrogen-bond donors (Lipinski definition) is 2. The van der Waals surface area contributed by atoms with E-state index in [1.807, 2.05) is 30.3 Å². The Morgan fingerprint density at radius 1 is 1.20 bits per heavy atom. The maximum absolute atomic E-state index is 12.4. The van der Waals surface area contributed by atoms with Crippen molar-refractivity contribution < 1.29 is 9.53 Å². The van der Waals surface area contributed by atoms with Crippen LogP contribution in [0.15, 0.2) is 53.0 Å². The largest absolute Gasteiger partial charge is 0.494 e. The maximum Gasteiger partial charge on any atom is 0.257 e. The van der Waals surface area contributed by atoms with Crippen molar-refractivity contribution >= 4 is 44.9 Å². The fourth-order valence-corrected chi connectivity index (χ4v) is 2.62. The number of anilines is 1. The molecule has 0 bridgehead atoms. The Labute approximate surface area is 162 Å². The SMILES string of the molecule is CC(C)CCOc1cccc(C(=O)NC(=S)Nc2ccccc2Br)c1. The summed E-state index contributed by atoms with van der Waals surface area (Å²) in [7, 11) is 0. The smallest absolute Gasteiger partial charge is 0.257 e. The van der Waals surface area contributed by atoms with Gasteiger partial charge in [-0.3, -0.25) is 10.1 Å². The lowest BCUT2D eigenvalue weighted by atomic mass is 10.1. The van der Waals surface area contributed by atoms with Gasteiger partial charge >= 0.3 is 0 Å². The van der Waals surface area contributed by atoms with Gasteiger partial charge in [-0.2, -0.15) is 0 Å². The van der Waals surface area contributed by atoms with E-state index in [0.29, 0.717) is 23.8 Å². The van der Waals surface area contributed by atoms with Crippen LogP contribution in [0.3, 0.4) is 0 Å². The minimum atomic E-state index is -0.279. The summed E-state index contributed by atoms with van der Waals surface area (Å²) >= 11 is 8.64. The number of thiocarbonyl (C=S) groups is 1. The van der Waals surface area contributed by atoms with Gasteiger partial charge in [-0.05, 0) is 70.8 Å². The molecule has 0 heterocycles. The van der Waals surface area contributed by atoms with Crippen molar-refractivity contribution in [3.05, 3.63) is 58.6 Å². The summed E-state index contributed by atoms with van der Waals surface area (Å²) in [6.45, 7) is 4.92. The molecule has 0 aliphatic heterocycles. The summed E-state index contributed by atoms with van der Waals surface area (Å²) < 4.78 is 6.56. The number of ether oxygens (including phenoxy) is 1. The van der Waals surface area contributed by atoms with E-state index < -0.39 is 0 Å². The number of benzene rings is 2. The van der Waals surface area contributed by atoms with E-state index in [-0.39, 0.29) is 11.0 Å². The molecule has 0 spiro atoms. The number of hydrogen-bond acceptors (Lipinski definition) is 3. The molecule has 0 radical (unpaired) electrons. The van der Waals surface area contributed by atoms with Crippen LogP contribution in [0.5, 0.6) is 5.75 Å². The van der Waals surface area contributed by atoms with Gasteiger partial charge in [0.1, 0.15) is 5.75 Å². The molecule has 6 heteroatoms. The van der Waals surface area contributed by atoms with Crippen molar-refractivity contribution in [1.82, 2.24) is 5.32 Å². The van der Waals surface area contributed by atoms with E-state index >= 15 is 0 Å². The number of rotatable bonds is 6. The van der Waals surface area contributed by atoms with Crippen LogP contribution in [0.2, 0.25) is 0 Å². The third-order valence-corrected chi connectivity index (χ3v) is 4.30. The Morgan fingerprint density at radius 3 is 2.68 bits per heavy atom. The van der Waals surface area contributed by atoms with Crippen LogP contribution in [-0.4, -0.2) is 17.6 Å². The second-order valence-electron chi connectivity index (χ2n) is 5.95. The normalized spacial score (nSPS) is 10.4. The number of carbonyl (C=O) groups excluding carboxylic acids is 1. The van der Waals surface area contributed by atoms with E-state index in [1.54, 1.807) is 18.2 Å². The predicted molar refractivity (Wildman–Crippen MR) is 109 cm³/mol. The molecular weight excluding hydrogens is 400 g/mol. The van der Waals surface area contributed by atoms with E-state index in [0.717, 1.165) is 16.6 Å². The Balaban J connectivity index is 1.94. The van der Waals surface area contributed by atoms with Crippen LogP contribution in [-0.2, 0) is 0 Å². The number of nitrogens with one attached hydrogen (secondary N) is 2. The zero-order chi connectivity index (χ0) is 18.2. The first-order valence-corrected chi connectivity index (χ1v) is 9.25. The third-order valence-electron chi connectivity index (χ3n) is 3.41. The molecule has 0 saturated carbocycles. The molecule has 0 fully saturated rings. The van der Waals surface area contributed by atoms with Crippen molar-refractivity contribution in [2.75, 3.05) is 11.9 Å². The minimum Gasteiger partial charge on any atom is -0.494 e. The second kappa shape index (κ2) is 9.53. The van der Waals surface area contributed by atoms with E-state index in [9.17, 15) is 4.79 Å². The molecule has 0 unspecified atom stereocenters. The zero-order valence-electron chi connectivity index (χ0n) is 14.2. The first kappa shape index (κ1) is 19.4. The Bertz CT molecular complexity index is 750. The number of halogens is 1. The lowest BCUT2D eigenvalue weighted by molar-refractivity contribution is 0.0977. The van der Waals surface area contributed by atoms with Gasteiger partial charge in [0.25, 0.3) is 5.91 Å². The Kier molecular flexibility index (Phi) is 7.40. The average Bonchev–Trinajstić information content (AvgIpc) is 2.57. The van der Waals surface area contributed by atoms with Gasteiger partial charge < -0.3 is 10.1 Å². The Morgan fingerprint density at radius 2 is 1.96 bits per heavy atom. The molecule has 0 atom stereocenters. The highest BCUT2D eigenvalue weighted by Gasteiger charge is 2.10. The van der Waals surface area contributed by atoms with Gasteiger partial charge in [0.15, 0.2) is 5.11 Å². The molecule has 2 N–H and O–H groups in total. The monoisotopic (exact) mass is 420 g/mol. The molecule has 0 saturated heterocycles. The summed E-state index contributed by atoms with van der Waals surface area (Å²) in [6, 6.07) is 14.6. The fraction of sp³-hybridized carbons (Fsp3) is 0.263. The number of carbonyl (C=O) groups is 1. The summed E-state index contributed by atoms with van der Waals surface area (Å²) in [5.41, 5.74) is 1.29. The number of amides is 1. The number of para-hydroxylation sites is 1. The molecule has 1 amide bonds. The van der Waals surface area contributed by atoms with Gasteiger partial charge in [0, 0.05) is 10.0 Å². The van der Waals surface area contributed by atoms with Gasteiger partial charge in [-0.25, -0.2) is 0 Å². The lowest BCUT2D eigenvalue weighted by Crippen LogP contribution is -2.34. The van der Waals surface area contributed by atoms with E-state index in [2.05, 4.69) is 40.4 Å². The minimum absolute atomic E-state index is 0.239. The van der Waals surface area contributed by atoms with E-state index in [1.165, 1.54) is 0 Å². The molecule has 2 aromatic rings. The second-order valence-corrected chi connectivity index (χ2v) is 7.21. The van der Waals surface area contributed by atoms with Gasteiger partial charge in [-0.15, -0.1) is 0 Å². The summed E-state index contributed by atoms with van der Waals surface area (Å²) in [6.07, 6.45) is 0.969. The molecule has 2 aromatic carbocycles. The fourth-order valence-electron chi connectivity index (χ4n) is 2.03. The van der Waals surface area contributed by atoms with Crippen LogP contribution in [0.25, 0.3) is 0 Å². The zero-order valence-corrected chi connectivity index (χ0v) is 16.6. The highest BCUT2D eigenvalue weighted by Crippen LogP contribution is 2.21. The topological polar surface area (TPSA) is 50.4 Å². The summed E-state index contributed by atoms with van der Waals surface area (Å²) in [4.78, 5) is 12.4. The highest BCUT2D eigenvalue weighted by atomic mass is 79.9. The van der Waals surface area contributed by atoms with Gasteiger partial charge in [-0.1, -0.05) is 32.0 Å². The van der Waals surface area contributed by atoms with Crippen LogP contribution in [0, 0.1) is 5.92 Å². The van der Waals surface area contributed by atoms with Crippen LogP contribution in [0.1, 0.15) is 30.6 Å². The molecule has 132 valence electrons. The molecule has 0 aliphatic rings. The first-order chi connectivity index (χ1) is 12.0. The van der Waals surface area contributed by atoms with Gasteiger partial charge in [0.05, 0.1) is 12.3 Å². The summed E-state index contributed by atoms with van der Waals surface area (Å²) in [5.74, 6) is 0.976. The molecule has 4 nitrogen and oxygen atoms in total. The predicted octanol–water partition coefficient (Wildman–Crippen LogP) is 5.00. The molecule has 0 aliphatic carbocycles. The van der Waals surface area contributed by atoms with Crippen molar-refractivity contribution in [2.24, 2.45) is 5.92 Å². The van der Waals surface area contributed by atoms with Gasteiger partial charge in [0.2, 0.25) is 0 Å². The van der Waals surface area contributed by atoms with E-state index in [4.69, 9.17) is 17.0 Å². The van der Waals surface area contributed by atoms with Crippen molar-refractivity contribution in [3.63, 3.8) is 0 Å². The quantitative estimate of drug-likeness (QED) is 0.645. The van der Waals surface area contributed by atoms with Crippen LogP contribution >= 0.6 is 28.1 Å². The van der Waals surface area contributed by atoms with Crippen molar-refractivity contribution in [1.29, 1.82) is 0 Å². The molecule has 25 heavy (non-hydrogen) atoms. The van der Waals surface area contributed by atoms with Crippen LogP contribution in [0.4, 0.5) is 5.69 Å². The van der Waals surface area contributed by atoms with Crippen molar-refractivity contribution in [2.45, 2.75) is 20.3 Å². The van der Waals surface area contributed by atoms with Crippen LogP contribution < -0.4 is 15.4 Å². The molecule has 2 rings (SSSR count). The van der Waals surface area contributed by atoms with Crippen molar-refractivity contribution in [3.8, 4) is 5.75 Å². The lowest BCUT2D eigenvalue weighted by Gasteiger charge is -2.12. The summed E-state index contributed by atoms with van der Waals surface area (Å²) in [5, 5.41) is 5.91. The first-order valence-electron chi connectivity index (χ1n) is 8.05. The standard InChI is InChI=1S/C19H21BrN2O2S/c1-13(2)10-11-24-15-7-5-6-14(12-15)18(23)22-19(25)21-17-9-4-3-8-16(17)20/h3-9,12-13H,10-11H2,1-2H3,(H2,21,22,23,25).